The summed E-state index contributed by atoms with van der Waals surface area (Å²) in [7, 11) is 0. The number of rotatable bonds is 2. The fourth-order valence-electron chi connectivity index (χ4n) is 0.699. The van der Waals surface area contributed by atoms with Crippen molar-refractivity contribution >= 4 is 29.7 Å². The van der Waals surface area contributed by atoms with E-state index in [1.54, 1.807) is 0 Å². The van der Waals surface area contributed by atoms with Gasteiger partial charge in [-0.1, -0.05) is 0 Å². The van der Waals surface area contributed by atoms with Gasteiger partial charge in [0.05, 0.1) is 10.8 Å². The van der Waals surface area contributed by atoms with Crippen LogP contribution in [0.15, 0.2) is 18.3 Å². The standard InChI is InChI=1S/C6H5ClN2O2.ClH/c7-4-5-6(9(10)11)2-1-3-8-5;/h1-3H,4H2;1H. The smallest absolute Gasteiger partial charge is 0.258 e. The molecular weight excluding hydrogens is 203 g/mol. The number of aromatic nitrogens is 1. The first-order valence-electron chi connectivity index (χ1n) is 2.90. The monoisotopic (exact) mass is 208 g/mol. The van der Waals surface area contributed by atoms with Crippen LogP contribution in [0.25, 0.3) is 0 Å². The van der Waals surface area contributed by atoms with Gasteiger partial charge in [-0.2, -0.15) is 0 Å². The molecule has 0 aliphatic rings. The number of hydrogen-bond acceptors (Lipinski definition) is 3. The van der Waals surface area contributed by atoms with Crippen LogP contribution in [-0.2, 0) is 5.88 Å². The van der Waals surface area contributed by atoms with Crippen LogP contribution in [0.1, 0.15) is 5.69 Å². The van der Waals surface area contributed by atoms with Gasteiger partial charge >= 0.3 is 0 Å². The van der Waals surface area contributed by atoms with Gasteiger partial charge in [-0.3, -0.25) is 15.1 Å². The highest BCUT2D eigenvalue weighted by molar-refractivity contribution is 6.17. The molecule has 0 saturated carbocycles. The maximum absolute atomic E-state index is 10.3. The summed E-state index contributed by atoms with van der Waals surface area (Å²) in [5, 5.41) is 10.3. The van der Waals surface area contributed by atoms with E-state index in [1.807, 2.05) is 0 Å². The van der Waals surface area contributed by atoms with Gasteiger partial charge in [-0.15, -0.1) is 24.0 Å². The van der Waals surface area contributed by atoms with Crippen molar-refractivity contribution in [1.82, 2.24) is 4.98 Å². The highest BCUT2D eigenvalue weighted by Crippen LogP contribution is 2.15. The Morgan fingerprint density at radius 3 is 2.75 bits per heavy atom. The third-order valence-electron chi connectivity index (χ3n) is 1.19. The summed E-state index contributed by atoms with van der Waals surface area (Å²) in [6.45, 7) is 0. The lowest BCUT2D eigenvalue weighted by Crippen LogP contribution is -1.94. The average Bonchev–Trinajstić information content (AvgIpc) is 2.04. The zero-order valence-corrected chi connectivity index (χ0v) is 7.51. The summed E-state index contributed by atoms with van der Waals surface area (Å²) < 4.78 is 0. The Bertz CT molecular complexity index is 280. The van der Waals surface area contributed by atoms with Crippen molar-refractivity contribution < 1.29 is 4.92 Å². The van der Waals surface area contributed by atoms with Gasteiger partial charge in [-0.05, 0) is 6.07 Å². The van der Waals surface area contributed by atoms with Crippen LogP contribution in [-0.4, -0.2) is 9.91 Å². The topological polar surface area (TPSA) is 56.0 Å². The lowest BCUT2D eigenvalue weighted by atomic mass is 10.3. The highest BCUT2D eigenvalue weighted by atomic mass is 35.5. The summed E-state index contributed by atoms with van der Waals surface area (Å²) in [6.07, 6.45) is 1.48. The van der Waals surface area contributed by atoms with E-state index in [0.29, 0.717) is 5.69 Å². The molecule has 0 saturated heterocycles. The molecule has 1 aromatic rings. The molecule has 0 atom stereocenters. The van der Waals surface area contributed by atoms with E-state index in [4.69, 9.17) is 11.6 Å². The first-order chi connectivity index (χ1) is 5.25. The Balaban J connectivity index is 0.00000121. The molecule has 1 rings (SSSR count). The van der Waals surface area contributed by atoms with Gasteiger partial charge in [0.15, 0.2) is 0 Å². The molecule has 0 aliphatic heterocycles. The van der Waals surface area contributed by atoms with Gasteiger partial charge in [-0.25, -0.2) is 0 Å². The zero-order chi connectivity index (χ0) is 8.27. The van der Waals surface area contributed by atoms with Crippen LogP contribution in [0.2, 0.25) is 0 Å². The predicted octanol–water partition coefficient (Wildman–Crippen LogP) is 2.15. The Morgan fingerprint density at radius 1 is 1.67 bits per heavy atom. The molecule has 0 radical (unpaired) electrons. The molecule has 0 fully saturated rings. The highest BCUT2D eigenvalue weighted by Gasteiger charge is 2.11. The molecule has 0 bridgehead atoms. The van der Waals surface area contributed by atoms with Crippen molar-refractivity contribution in [2.45, 2.75) is 5.88 Å². The average molecular weight is 209 g/mol. The third-order valence-corrected chi connectivity index (χ3v) is 1.44. The number of halogens is 2. The van der Waals surface area contributed by atoms with Crippen LogP contribution >= 0.6 is 24.0 Å². The molecule has 6 heteroatoms. The minimum atomic E-state index is -0.495. The summed E-state index contributed by atoms with van der Waals surface area (Å²) in [5.74, 6) is 0.0666. The Morgan fingerprint density at radius 2 is 2.33 bits per heavy atom. The SMILES string of the molecule is Cl.O=[N+]([O-])c1cccnc1CCl. The van der Waals surface area contributed by atoms with Crippen LogP contribution in [0.3, 0.4) is 0 Å². The second-order valence-corrected chi connectivity index (χ2v) is 2.13. The van der Waals surface area contributed by atoms with Crippen molar-refractivity contribution in [3.63, 3.8) is 0 Å². The van der Waals surface area contributed by atoms with Crippen molar-refractivity contribution in [2.24, 2.45) is 0 Å². The second kappa shape index (κ2) is 4.90. The Labute approximate surface area is 80.1 Å². The molecular formula is C6H6Cl2N2O2. The van der Waals surface area contributed by atoms with Crippen LogP contribution < -0.4 is 0 Å². The van der Waals surface area contributed by atoms with Crippen molar-refractivity contribution in [3.8, 4) is 0 Å². The van der Waals surface area contributed by atoms with E-state index in [9.17, 15) is 10.1 Å². The Hall–Kier alpha value is -0.870. The fourth-order valence-corrected chi connectivity index (χ4v) is 0.905. The normalized spacial score (nSPS) is 8.75. The van der Waals surface area contributed by atoms with Crippen LogP contribution in [0.4, 0.5) is 5.69 Å². The van der Waals surface area contributed by atoms with E-state index >= 15 is 0 Å². The lowest BCUT2D eigenvalue weighted by Gasteiger charge is -1.94. The minimum absolute atomic E-state index is 0. The molecule has 0 aromatic carbocycles. The number of nitro groups is 1. The Kier molecular flexibility index (Phi) is 4.54. The van der Waals surface area contributed by atoms with E-state index in [0.717, 1.165) is 0 Å². The molecule has 4 nitrogen and oxygen atoms in total. The van der Waals surface area contributed by atoms with Crippen molar-refractivity contribution in [2.75, 3.05) is 0 Å². The summed E-state index contributed by atoms with van der Waals surface area (Å²) in [4.78, 5) is 13.5. The van der Waals surface area contributed by atoms with Crippen LogP contribution in [0, 0.1) is 10.1 Å². The summed E-state index contributed by atoms with van der Waals surface area (Å²) >= 11 is 5.41. The molecule has 0 aliphatic carbocycles. The molecule has 12 heavy (non-hydrogen) atoms. The quantitative estimate of drug-likeness (QED) is 0.426. The first-order valence-corrected chi connectivity index (χ1v) is 3.43. The number of hydrogen-bond donors (Lipinski definition) is 0. The summed E-state index contributed by atoms with van der Waals surface area (Å²) in [5.41, 5.74) is 0.279. The molecule has 0 N–H and O–H groups in total. The van der Waals surface area contributed by atoms with E-state index < -0.39 is 4.92 Å². The maximum Gasteiger partial charge on any atom is 0.291 e. The van der Waals surface area contributed by atoms with Crippen LogP contribution in [0.5, 0.6) is 0 Å². The molecule has 1 heterocycles. The lowest BCUT2D eigenvalue weighted by molar-refractivity contribution is -0.385. The second-order valence-electron chi connectivity index (χ2n) is 1.86. The largest absolute Gasteiger partial charge is 0.291 e. The fraction of sp³-hybridized carbons (Fsp3) is 0.167. The molecule has 0 spiro atoms. The van der Waals surface area contributed by atoms with Gasteiger partial charge in [0.1, 0.15) is 5.69 Å². The molecule has 66 valence electrons. The van der Waals surface area contributed by atoms with Gasteiger partial charge in [0, 0.05) is 12.3 Å². The number of pyridine rings is 1. The van der Waals surface area contributed by atoms with Gasteiger partial charge < -0.3 is 0 Å². The van der Waals surface area contributed by atoms with Crippen molar-refractivity contribution in [1.29, 1.82) is 0 Å². The van der Waals surface area contributed by atoms with E-state index in [1.165, 1.54) is 18.3 Å². The number of alkyl halides is 1. The summed E-state index contributed by atoms with van der Waals surface area (Å²) in [6, 6.07) is 2.89. The minimum Gasteiger partial charge on any atom is -0.258 e. The molecule has 1 aromatic heterocycles. The maximum atomic E-state index is 10.3. The molecule has 0 amide bonds. The first kappa shape index (κ1) is 11.1. The number of nitrogens with zero attached hydrogens (tertiary/aromatic N) is 2. The third kappa shape index (κ3) is 2.32. The van der Waals surface area contributed by atoms with Gasteiger partial charge in [0.2, 0.25) is 0 Å². The van der Waals surface area contributed by atoms with Crippen molar-refractivity contribution in [3.05, 3.63) is 34.1 Å². The molecule has 0 unspecified atom stereocenters. The van der Waals surface area contributed by atoms with E-state index in [2.05, 4.69) is 4.98 Å². The predicted molar refractivity (Wildman–Crippen MR) is 47.7 cm³/mol. The zero-order valence-electron chi connectivity index (χ0n) is 5.94. The van der Waals surface area contributed by atoms with Gasteiger partial charge in [0.25, 0.3) is 5.69 Å². The van der Waals surface area contributed by atoms with E-state index in [-0.39, 0.29) is 24.0 Å².